The van der Waals surface area contributed by atoms with Crippen LogP contribution in [0.2, 0.25) is 0 Å². The van der Waals surface area contributed by atoms with Crippen molar-refractivity contribution in [1.29, 1.82) is 0 Å². The number of hydrogen-bond acceptors (Lipinski definition) is 3. The highest BCUT2D eigenvalue weighted by atomic mass is 19.4. The first-order chi connectivity index (χ1) is 11.0. The van der Waals surface area contributed by atoms with Crippen LogP contribution in [0.25, 0.3) is 0 Å². The summed E-state index contributed by atoms with van der Waals surface area (Å²) in [5.74, 6) is -0.629. The van der Waals surface area contributed by atoms with Gasteiger partial charge in [0.2, 0.25) is 0 Å². The standard InChI is InChI=1S/C15H12F6N2O/c16-14(17,18)13(15(19,20)21,9-1-3-10(22)4-2-9)24-12-7-5-11(23)6-8-12/h1-8H,22-23H2. The molecule has 0 amide bonds. The predicted molar refractivity (Wildman–Crippen MR) is 76.1 cm³/mol. The van der Waals surface area contributed by atoms with Crippen molar-refractivity contribution in [2.45, 2.75) is 18.0 Å². The van der Waals surface area contributed by atoms with Gasteiger partial charge in [-0.3, -0.25) is 0 Å². The minimum Gasteiger partial charge on any atom is -0.464 e. The van der Waals surface area contributed by atoms with Crippen LogP contribution >= 0.6 is 0 Å². The van der Waals surface area contributed by atoms with E-state index in [9.17, 15) is 26.3 Å². The highest BCUT2D eigenvalue weighted by Crippen LogP contribution is 2.53. The highest BCUT2D eigenvalue weighted by molar-refractivity contribution is 5.44. The zero-order valence-electron chi connectivity index (χ0n) is 11.9. The van der Waals surface area contributed by atoms with E-state index in [0.717, 1.165) is 36.4 Å². The summed E-state index contributed by atoms with van der Waals surface area (Å²) in [5.41, 5.74) is 5.23. The van der Waals surface area contributed by atoms with E-state index in [-0.39, 0.29) is 11.4 Å². The molecule has 0 unspecified atom stereocenters. The molecule has 0 aliphatic heterocycles. The summed E-state index contributed by atoms with van der Waals surface area (Å²) < 4.78 is 85.6. The van der Waals surface area contributed by atoms with Gasteiger partial charge in [-0.15, -0.1) is 0 Å². The molecule has 0 aromatic heterocycles. The summed E-state index contributed by atoms with van der Waals surface area (Å²) in [5, 5.41) is 0. The van der Waals surface area contributed by atoms with Gasteiger partial charge in [-0.1, -0.05) is 12.1 Å². The van der Waals surface area contributed by atoms with Crippen LogP contribution in [0.5, 0.6) is 5.75 Å². The van der Waals surface area contributed by atoms with Crippen molar-refractivity contribution in [3.05, 3.63) is 54.1 Å². The average Bonchev–Trinajstić information content (AvgIpc) is 2.45. The lowest BCUT2D eigenvalue weighted by atomic mass is 9.91. The Balaban J connectivity index is 2.66. The molecule has 0 aliphatic carbocycles. The Hall–Kier alpha value is -2.58. The molecule has 0 aliphatic rings. The van der Waals surface area contributed by atoms with Crippen molar-refractivity contribution >= 4 is 11.4 Å². The Labute approximate surface area is 132 Å². The van der Waals surface area contributed by atoms with Crippen LogP contribution in [0.15, 0.2) is 48.5 Å². The lowest BCUT2D eigenvalue weighted by molar-refractivity contribution is -0.365. The smallest absolute Gasteiger partial charge is 0.442 e. The maximum absolute atomic E-state index is 13.5. The second-order valence-corrected chi connectivity index (χ2v) is 4.97. The molecule has 2 rings (SSSR count). The fourth-order valence-corrected chi connectivity index (χ4v) is 2.09. The number of anilines is 2. The lowest BCUT2D eigenvalue weighted by Gasteiger charge is -2.37. The monoisotopic (exact) mass is 350 g/mol. The second kappa shape index (κ2) is 5.81. The number of halogens is 6. The van der Waals surface area contributed by atoms with E-state index in [1.54, 1.807) is 0 Å². The third-order valence-electron chi connectivity index (χ3n) is 3.27. The molecule has 130 valence electrons. The minimum atomic E-state index is -5.78. The zero-order valence-corrected chi connectivity index (χ0v) is 11.9. The quantitative estimate of drug-likeness (QED) is 0.643. The van der Waals surface area contributed by atoms with E-state index in [4.69, 9.17) is 11.5 Å². The first-order valence-electron chi connectivity index (χ1n) is 6.51. The summed E-state index contributed by atoms with van der Waals surface area (Å²) in [7, 11) is 0. The highest BCUT2D eigenvalue weighted by Gasteiger charge is 2.74. The van der Waals surface area contributed by atoms with E-state index in [1.165, 1.54) is 0 Å². The van der Waals surface area contributed by atoms with Crippen LogP contribution < -0.4 is 16.2 Å². The van der Waals surface area contributed by atoms with Gasteiger partial charge in [-0.05, 0) is 36.4 Å². The fourth-order valence-electron chi connectivity index (χ4n) is 2.09. The second-order valence-electron chi connectivity index (χ2n) is 4.97. The maximum Gasteiger partial charge on any atom is 0.442 e. The Morgan fingerprint density at radius 1 is 0.625 bits per heavy atom. The molecule has 2 aromatic carbocycles. The molecule has 0 fully saturated rings. The topological polar surface area (TPSA) is 61.3 Å². The Morgan fingerprint density at radius 2 is 1.00 bits per heavy atom. The van der Waals surface area contributed by atoms with Gasteiger partial charge in [0.15, 0.2) is 0 Å². The van der Waals surface area contributed by atoms with Crippen molar-refractivity contribution in [2.75, 3.05) is 11.5 Å². The molecule has 0 saturated carbocycles. The molecule has 3 nitrogen and oxygen atoms in total. The molecule has 4 N–H and O–H groups in total. The number of nitrogen functional groups attached to an aromatic ring is 2. The summed E-state index contributed by atoms with van der Waals surface area (Å²) in [4.78, 5) is 0. The van der Waals surface area contributed by atoms with Gasteiger partial charge >= 0.3 is 18.0 Å². The molecule has 0 atom stereocenters. The van der Waals surface area contributed by atoms with Gasteiger partial charge < -0.3 is 16.2 Å². The van der Waals surface area contributed by atoms with Crippen LogP contribution in [-0.2, 0) is 5.60 Å². The molecule has 0 radical (unpaired) electrons. The van der Waals surface area contributed by atoms with Crippen LogP contribution in [-0.4, -0.2) is 12.4 Å². The van der Waals surface area contributed by atoms with E-state index in [2.05, 4.69) is 4.74 Å². The van der Waals surface area contributed by atoms with Gasteiger partial charge in [0, 0.05) is 16.9 Å². The summed E-state index contributed by atoms with van der Waals surface area (Å²) in [6.07, 6.45) is -11.6. The van der Waals surface area contributed by atoms with Gasteiger partial charge in [0.05, 0.1) is 0 Å². The van der Waals surface area contributed by atoms with Crippen molar-refractivity contribution in [3.63, 3.8) is 0 Å². The first-order valence-corrected chi connectivity index (χ1v) is 6.51. The van der Waals surface area contributed by atoms with Crippen molar-refractivity contribution in [1.82, 2.24) is 0 Å². The van der Waals surface area contributed by atoms with Crippen molar-refractivity contribution in [2.24, 2.45) is 0 Å². The average molecular weight is 350 g/mol. The Kier molecular flexibility index (Phi) is 4.30. The van der Waals surface area contributed by atoms with E-state index in [0.29, 0.717) is 12.1 Å². The number of alkyl halides is 6. The Bertz CT molecular complexity index is 678. The molecule has 0 heterocycles. The van der Waals surface area contributed by atoms with E-state index in [1.807, 2.05) is 0 Å². The molecule has 0 saturated heterocycles. The molecular formula is C15H12F6N2O. The van der Waals surface area contributed by atoms with Crippen LogP contribution in [0.1, 0.15) is 5.56 Å². The summed E-state index contributed by atoms with van der Waals surface area (Å²) in [6, 6.07) is 7.27. The molecule has 0 spiro atoms. The SMILES string of the molecule is Nc1ccc(OC(c2ccc(N)cc2)(C(F)(F)F)C(F)(F)F)cc1. The fraction of sp³-hybridized carbons (Fsp3) is 0.200. The first kappa shape index (κ1) is 17.8. The van der Waals surface area contributed by atoms with Crippen molar-refractivity contribution in [3.8, 4) is 5.75 Å². The normalized spacial score (nSPS) is 12.9. The number of hydrogen-bond donors (Lipinski definition) is 2. The third-order valence-corrected chi connectivity index (χ3v) is 3.27. The predicted octanol–water partition coefficient (Wildman–Crippen LogP) is 4.25. The van der Waals surface area contributed by atoms with E-state index >= 15 is 0 Å². The van der Waals surface area contributed by atoms with Gasteiger partial charge in [0.25, 0.3) is 0 Å². The molecule has 9 heteroatoms. The number of benzene rings is 2. The zero-order chi connectivity index (χ0) is 18.2. The van der Waals surface area contributed by atoms with Gasteiger partial charge in [0.1, 0.15) is 5.75 Å². The third kappa shape index (κ3) is 3.06. The summed E-state index contributed by atoms with van der Waals surface area (Å²) in [6.45, 7) is 0. The van der Waals surface area contributed by atoms with Crippen LogP contribution in [0.3, 0.4) is 0 Å². The minimum absolute atomic E-state index is 0.0180. The maximum atomic E-state index is 13.5. The molecule has 24 heavy (non-hydrogen) atoms. The summed E-state index contributed by atoms with van der Waals surface area (Å²) >= 11 is 0. The van der Waals surface area contributed by atoms with E-state index < -0.39 is 29.3 Å². The molecule has 0 bridgehead atoms. The largest absolute Gasteiger partial charge is 0.464 e. The van der Waals surface area contributed by atoms with Gasteiger partial charge in [-0.2, -0.15) is 26.3 Å². The van der Waals surface area contributed by atoms with Gasteiger partial charge in [-0.25, -0.2) is 0 Å². The number of nitrogens with two attached hydrogens (primary N) is 2. The van der Waals surface area contributed by atoms with Crippen molar-refractivity contribution < 1.29 is 31.1 Å². The van der Waals surface area contributed by atoms with Crippen LogP contribution in [0.4, 0.5) is 37.7 Å². The number of rotatable bonds is 3. The molecular weight excluding hydrogens is 338 g/mol. The number of ether oxygens (including phenoxy) is 1. The Morgan fingerprint density at radius 3 is 1.38 bits per heavy atom. The van der Waals surface area contributed by atoms with Crippen LogP contribution in [0, 0.1) is 0 Å². The molecule has 2 aromatic rings. The lowest BCUT2D eigenvalue weighted by Crippen LogP contribution is -2.58.